The Kier molecular flexibility index (Phi) is 36.4. The maximum atomic E-state index is 9.92. The van der Waals surface area contributed by atoms with Crippen LogP contribution in [0.4, 0.5) is 0 Å². The van der Waals surface area contributed by atoms with E-state index in [0.717, 1.165) is 57.5 Å². The summed E-state index contributed by atoms with van der Waals surface area (Å²) in [7, 11) is 0. The van der Waals surface area contributed by atoms with Crippen molar-refractivity contribution in [2.24, 2.45) is 17.8 Å². The molecule has 0 aliphatic carbocycles. The molecule has 0 unspecified atom stereocenters. The van der Waals surface area contributed by atoms with Gasteiger partial charge in [-0.15, -0.1) is 0 Å². The quantitative estimate of drug-likeness (QED) is 0.298. The summed E-state index contributed by atoms with van der Waals surface area (Å²) < 4.78 is 15.4. The second-order valence-corrected chi connectivity index (χ2v) is 8.22. The van der Waals surface area contributed by atoms with Gasteiger partial charge in [0, 0.05) is 33.0 Å². The molecule has 0 aromatic carbocycles. The Hall–Kier alpha value is -0.650. The average Bonchev–Trinajstić information content (AvgIpc) is 2.60. The molecule has 0 spiro atoms. The van der Waals surface area contributed by atoms with Crippen LogP contribution in [0, 0.1) is 17.8 Å². The second-order valence-electron chi connectivity index (χ2n) is 8.22. The Morgan fingerprint density at radius 3 is 1.21 bits per heavy atom. The smallest absolute Gasteiger partial charge is 0.329 e. The number of rotatable bonds is 15. The zero-order valence-corrected chi connectivity index (χ0v) is 20.1. The van der Waals surface area contributed by atoms with Crippen molar-refractivity contribution in [3.8, 4) is 0 Å². The van der Waals surface area contributed by atoms with Gasteiger partial charge in [-0.3, -0.25) is 0 Å². The van der Waals surface area contributed by atoms with Crippen LogP contribution >= 0.6 is 0 Å². The van der Waals surface area contributed by atoms with Crippen LogP contribution in [-0.2, 0) is 19.0 Å². The summed E-state index contributed by atoms with van der Waals surface area (Å²) in [6.07, 6.45) is 5.59. The Morgan fingerprint density at radius 2 is 0.966 bits per heavy atom. The van der Waals surface area contributed by atoms with Gasteiger partial charge in [0.15, 0.2) is 0 Å². The molecule has 0 aliphatic rings. The van der Waals surface area contributed by atoms with Gasteiger partial charge in [0.25, 0.3) is 0 Å². The van der Waals surface area contributed by atoms with Gasteiger partial charge < -0.3 is 19.3 Å². The molecular formula is C24H54O5. The average molecular weight is 423 g/mol. The van der Waals surface area contributed by atoms with Crippen molar-refractivity contribution in [2.75, 3.05) is 39.6 Å². The molecule has 0 rings (SSSR count). The predicted molar refractivity (Wildman–Crippen MR) is 126 cm³/mol. The van der Waals surface area contributed by atoms with Gasteiger partial charge in [0.05, 0.1) is 0 Å². The summed E-state index contributed by atoms with van der Waals surface area (Å²) in [5.41, 5.74) is 0. The highest BCUT2D eigenvalue weighted by molar-refractivity contribution is 5.67. The Bertz CT molecular complexity index is 275. The first-order valence-electron chi connectivity index (χ1n) is 11.1. The number of carboxylic acid groups (broad SMARTS) is 1. The third kappa shape index (κ3) is 52.2. The topological polar surface area (TPSA) is 65.0 Å². The van der Waals surface area contributed by atoms with Gasteiger partial charge in [-0.2, -0.15) is 0 Å². The Labute approximate surface area is 182 Å². The van der Waals surface area contributed by atoms with Crippen LogP contribution in [0.3, 0.4) is 0 Å². The minimum atomic E-state index is -0.899. The number of aliphatic carboxylic acids is 1. The predicted octanol–water partition coefficient (Wildman–Crippen LogP) is 6.69. The zero-order valence-electron chi connectivity index (χ0n) is 20.1. The van der Waals surface area contributed by atoms with E-state index in [0.29, 0.717) is 12.5 Å². The van der Waals surface area contributed by atoms with E-state index in [4.69, 9.17) is 19.3 Å². The highest BCUT2D eigenvalue weighted by Gasteiger charge is 1.97. The molecule has 180 valence electrons. The Balaban J connectivity index is -0.000000159. The summed E-state index contributed by atoms with van der Waals surface area (Å²) in [5, 5.41) is 8.15. The van der Waals surface area contributed by atoms with Crippen molar-refractivity contribution in [1.29, 1.82) is 0 Å². The number of hydrogen-bond acceptors (Lipinski definition) is 4. The lowest BCUT2D eigenvalue weighted by Crippen LogP contribution is -2.08. The summed E-state index contributed by atoms with van der Waals surface area (Å²) in [5.74, 6) is 1.24. The van der Waals surface area contributed by atoms with Crippen LogP contribution < -0.4 is 0 Å². The van der Waals surface area contributed by atoms with E-state index in [2.05, 4.69) is 55.4 Å². The highest BCUT2D eigenvalue weighted by Crippen LogP contribution is 1.99. The number of hydrogen-bond donors (Lipinski definition) is 1. The maximum Gasteiger partial charge on any atom is 0.329 e. The lowest BCUT2D eigenvalue weighted by molar-refractivity contribution is -0.142. The van der Waals surface area contributed by atoms with Crippen LogP contribution in [0.1, 0.15) is 94.9 Å². The van der Waals surface area contributed by atoms with Crippen LogP contribution in [0.5, 0.6) is 0 Å². The molecule has 5 heteroatoms. The SMILES string of the molecule is C.CC(C)CCOCC(=O)O.CCCOCCC(C)C.CCCOCCC(C)C. The molecule has 0 atom stereocenters. The molecule has 0 aromatic heterocycles. The van der Waals surface area contributed by atoms with E-state index in [-0.39, 0.29) is 14.0 Å². The van der Waals surface area contributed by atoms with Gasteiger partial charge in [0.2, 0.25) is 0 Å². The third-order valence-electron chi connectivity index (χ3n) is 3.44. The van der Waals surface area contributed by atoms with Crippen molar-refractivity contribution in [2.45, 2.75) is 94.9 Å². The third-order valence-corrected chi connectivity index (χ3v) is 3.44. The lowest BCUT2D eigenvalue weighted by atomic mass is 10.1. The van der Waals surface area contributed by atoms with Crippen LogP contribution in [0.2, 0.25) is 0 Å². The molecular weight excluding hydrogens is 368 g/mol. The minimum absolute atomic E-state index is 0. The number of carbonyl (C=O) groups is 1. The van der Waals surface area contributed by atoms with Crippen LogP contribution in [-0.4, -0.2) is 50.7 Å². The molecule has 0 fully saturated rings. The molecule has 0 aromatic rings. The van der Waals surface area contributed by atoms with E-state index in [1.54, 1.807) is 0 Å². The summed E-state index contributed by atoms with van der Waals surface area (Å²) in [6, 6.07) is 0. The molecule has 0 saturated heterocycles. The summed E-state index contributed by atoms with van der Waals surface area (Å²) in [4.78, 5) is 9.92. The first-order chi connectivity index (χ1) is 13.2. The molecule has 0 saturated carbocycles. The van der Waals surface area contributed by atoms with Crippen LogP contribution in [0.25, 0.3) is 0 Å². The first-order valence-corrected chi connectivity index (χ1v) is 11.1. The van der Waals surface area contributed by atoms with Gasteiger partial charge in [-0.25, -0.2) is 4.79 Å². The van der Waals surface area contributed by atoms with Gasteiger partial charge in [-0.1, -0.05) is 62.8 Å². The lowest BCUT2D eigenvalue weighted by Gasteiger charge is -2.03. The number of ether oxygens (including phenoxy) is 3. The van der Waals surface area contributed by atoms with Crippen molar-refractivity contribution in [1.82, 2.24) is 0 Å². The fourth-order valence-corrected chi connectivity index (χ4v) is 1.61. The van der Waals surface area contributed by atoms with E-state index in [9.17, 15) is 4.79 Å². The fraction of sp³-hybridized carbons (Fsp3) is 0.958. The van der Waals surface area contributed by atoms with Crippen molar-refractivity contribution in [3.63, 3.8) is 0 Å². The van der Waals surface area contributed by atoms with E-state index >= 15 is 0 Å². The fourth-order valence-electron chi connectivity index (χ4n) is 1.61. The van der Waals surface area contributed by atoms with E-state index < -0.39 is 5.97 Å². The first kappa shape index (κ1) is 35.8. The van der Waals surface area contributed by atoms with Gasteiger partial charge >= 0.3 is 5.97 Å². The molecule has 0 amide bonds. The second kappa shape index (κ2) is 29.6. The zero-order chi connectivity index (χ0) is 22.2. The van der Waals surface area contributed by atoms with Crippen molar-refractivity contribution in [3.05, 3.63) is 0 Å². The van der Waals surface area contributed by atoms with E-state index in [1.807, 2.05) is 0 Å². The minimum Gasteiger partial charge on any atom is -0.480 e. The molecule has 0 aliphatic heterocycles. The largest absolute Gasteiger partial charge is 0.480 e. The summed E-state index contributed by atoms with van der Waals surface area (Å²) >= 11 is 0. The van der Waals surface area contributed by atoms with Crippen LogP contribution in [0.15, 0.2) is 0 Å². The van der Waals surface area contributed by atoms with E-state index in [1.165, 1.54) is 12.8 Å². The highest BCUT2D eigenvalue weighted by atomic mass is 16.5. The van der Waals surface area contributed by atoms with Crippen molar-refractivity contribution < 1.29 is 24.1 Å². The van der Waals surface area contributed by atoms with Gasteiger partial charge in [0.1, 0.15) is 6.61 Å². The normalized spacial score (nSPS) is 10.2. The van der Waals surface area contributed by atoms with Gasteiger partial charge in [-0.05, 0) is 49.9 Å². The molecule has 29 heavy (non-hydrogen) atoms. The maximum absolute atomic E-state index is 9.92. The molecule has 0 bridgehead atoms. The Morgan fingerprint density at radius 1 is 0.655 bits per heavy atom. The molecule has 0 heterocycles. The monoisotopic (exact) mass is 422 g/mol. The standard InChI is InChI=1S/2C8H18O.C7H14O3.CH4/c2*1-4-6-9-7-5-8(2)3;1-6(2)3-4-10-5-7(8)9;/h2*8H,4-7H2,1-3H3;6H,3-5H2,1-2H3,(H,8,9);1H4. The summed E-state index contributed by atoms with van der Waals surface area (Å²) in [6.45, 7) is 21.4. The molecule has 5 nitrogen and oxygen atoms in total. The molecule has 1 N–H and O–H groups in total. The van der Waals surface area contributed by atoms with Crippen molar-refractivity contribution >= 4 is 5.97 Å². The number of carboxylic acids is 1. The molecule has 0 radical (unpaired) electrons.